The first-order valence-electron chi connectivity index (χ1n) is 8.97. The third-order valence-corrected chi connectivity index (χ3v) is 5.49. The Morgan fingerprint density at radius 1 is 1.04 bits per heavy atom. The maximum absolute atomic E-state index is 13.9. The predicted molar refractivity (Wildman–Crippen MR) is 107 cm³/mol. The Labute approximate surface area is 169 Å². The van der Waals surface area contributed by atoms with Gasteiger partial charge in [0.1, 0.15) is 12.4 Å². The van der Waals surface area contributed by atoms with Gasteiger partial charge in [0.2, 0.25) is 0 Å². The molecule has 2 aromatic rings. The Balaban J connectivity index is 1.53. The van der Waals surface area contributed by atoms with Crippen molar-refractivity contribution in [1.29, 1.82) is 0 Å². The summed E-state index contributed by atoms with van der Waals surface area (Å²) in [7, 11) is 1.88. The number of piperazine rings is 1. The molecule has 7 heteroatoms. The maximum Gasteiger partial charge on any atom is 0.277 e. The molecule has 1 heterocycles. The number of anilines is 1. The summed E-state index contributed by atoms with van der Waals surface area (Å²) < 4.78 is 13.9. The molecule has 1 N–H and O–H groups in total. The molecule has 1 aliphatic rings. The molecule has 0 radical (unpaired) electrons. The molecule has 1 amide bonds. The zero-order valence-corrected chi connectivity index (χ0v) is 16.7. The molecule has 3 rings (SSSR count). The Bertz CT molecular complexity index is 789. The quantitative estimate of drug-likeness (QED) is 0.819. The van der Waals surface area contributed by atoms with E-state index in [1.54, 1.807) is 12.1 Å². The first kappa shape index (κ1) is 19.9. The summed E-state index contributed by atoms with van der Waals surface area (Å²) in [5.74, 6) is -0.263. The van der Waals surface area contributed by atoms with Gasteiger partial charge in [-0.05, 0) is 24.3 Å². The van der Waals surface area contributed by atoms with Crippen LogP contribution in [0.5, 0.6) is 0 Å². The van der Waals surface area contributed by atoms with Crippen LogP contribution in [0.15, 0.2) is 42.5 Å². The highest BCUT2D eigenvalue weighted by Gasteiger charge is 2.25. The van der Waals surface area contributed by atoms with Crippen LogP contribution in [0.4, 0.5) is 10.1 Å². The van der Waals surface area contributed by atoms with E-state index in [2.05, 4.69) is 4.90 Å². The van der Waals surface area contributed by atoms with Crippen LogP contribution in [0.25, 0.3) is 0 Å². The van der Waals surface area contributed by atoms with Crippen molar-refractivity contribution in [2.24, 2.45) is 0 Å². The Kier molecular flexibility index (Phi) is 6.58. The van der Waals surface area contributed by atoms with Gasteiger partial charge in [-0.2, -0.15) is 0 Å². The van der Waals surface area contributed by atoms with E-state index in [0.29, 0.717) is 36.8 Å². The topological polar surface area (TPSA) is 28.0 Å². The van der Waals surface area contributed by atoms with Crippen LogP contribution in [-0.4, -0.2) is 50.6 Å². The van der Waals surface area contributed by atoms with E-state index < -0.39 is 0 Å². The van der Waals surface area contributed by atoms with Gasteiger partial charge in [-0.1, -0.05) is 41.4 Å². The van der Waals surface area contributed by atoms with Crippen LogP contribution >= 0.6 is 23.2 Å². The number of likely N-dealkylation sites (N-methyl/N-ethyl adjacent to an activating group) is 1. The van der Waals surface area contributed by atoms with Crippen molar-refractivity contribution in [1.82, 2.24) is 4.90 Å². The van der Waals surface area contributed by atoms with Gasteiger partial charge in [-0.3, -0.25) is 4.79 Å². The molecule has 1 aliphatic heterocycles. The number of quaternary nitrogens is 1. The molecular weight excluding hydrogens is 388 g/mol. The average Bonchev–Trinajstić information content (AvgIpc) is 2.65. The predicted octanol–water partition coefficient (Wildman–Crippen LogP) is 2.50. The molecule has 0 aliphatic carbocycles. The molecule has 2 aromatic carbocycles. The van der Waals surface area contributed by atoms with E-state index >= 15 is 0 Å². The van der Waals surface area contributed by atoms with Crippen LogP contribution in [-0.2, 0) is 11.3 Å². The molecule has 1 atom stereocenters. The van der Waals surface area contributed by atoms with Gasteiger partial charge in [0.15, 0.2) is 6.54 Å². The van der Waals surface area contributed by atoms with Crippen molar-refractivity contribution in [3.63, 3.8) is 0 Å². The van der Waals surface area contributed by atoms with Gasteiger partial charge in [0, 0.05) is 26.2 Å². The monoisotopic (exact) mass is 410 g/mol. The molecule has 0 aromatic heterocycles. The van der Waals surface area contributed by atoms with Crippen molar-refractivity contribution < 1.29 is 14.1 Å². The van der Waals surface area contributed by atoms with Gasteiger partial charge < -0.3 is 14.7 Å². The van der Waals surface area contributed by atoms with Crippen molar-refractivity contribution in [3.8, 4) is 0 Å². The van der Waals surface area contributed by atoms with E-state index in [1.165, 1.54) is 6.07 Å². The maximum atomic E-state index is 13.9. The number of amides is 1. The Hall–Kier alpha value is -1.82. The number of benzene rings is 2. The van der Waals surface area contributed by atoms with Crippen LogP contribution in [0.3, 0.4) is 0 Å². The number of nitrogens with zero attached hydrogens (tertiary/aromatic N) is 2. The highest BCUT2D eigenvalue weighted by molar-refractivity contribution is 6.33. The molecule has 4 nitrogen and oxygen atoms in total. The van der Waals surface area contributed by atoms with E-state index in [4.69, 9.17) is 23.2 Å². The zero-order chi connectivity index (χ0) is 19.4. The molecule has 1 saturated heterocycles. The van der Waals surface area contributed by atoms with Gasteiger partial charge in [-0.25, -0.2) is 4.39 Å². The molecule has 144 valence electrons. The van der Waals surface area contributed by atoms with Crippen molar-refractivity contribution in [2.75, 3.05) is 44.7 Å². The van der Waals surface area contributed by atoms with E-state index in [9.17, 15) is 9.18 Å². The van der Waals surface area contributed by atoms with Gasteiger partial charge in [0.05, 0.1) is 28.3 Å². The molecule has 0 saturated carbocycles. The third kappa shape index (κ3) is 4.92. The normalized spacial score (nSPS) is 15.7. The first-order chi connectivity index (χ1) is 13.0. The molecular formula is C20H23Cl2FN3O+. The number of para-hydroxylation sites is 1. The van der Waals surface area contributed by atoms with Crippen LogP contribution in [0.2, 0.25) is 10.0 Å². The second kappa shape index (κ2) is 8.91. The van der Waals surface area contributed by atoms with Crippen LogP contribution < -0.4 is 9.80 Å². The number of hydrogen-bond donors (Lipinski definition) is 1. The summed E-state index contributed by atoms with van der Waals surface area (Å²) in [5.41, 5.74) is 1.45. The number of carbonyl (C=O) groups is 1. The fraction of sp³-hybridized carbons (Fsp3) is 0.350. The minimum absolute atomic E-state index is 0.0683. The minimum Gasteiger partial charge on any atom is -0.367 e. The average molecular weight is 411 g/mol. The van der Waals surface area contributed by atoms with E-state index in [0.717, 1.165) is 28.7 Å². The molecule has 27 heavy (non-hydrogen) atoms. The zero-order valence-electron chi connectivity index (χ0n) is 15.2. The number of hydrogen-bond acceptors (Lipinski definition) is 2. The number of rotatable bonds is 5. The van der Waals surface area contributed by atoms with Gasteiger partial charge in [-0.15, -0.1) is 0 Å². The highest BCUT2D eigenvalue weighted by atomic mass is 35.5. The fourth-order valence-electron chi connectivity index (χ4n) is 3.34. The van der Waals surface area contributed by atoms with Gasteiger partial charge >= 0.3 is 0 Å². The van der Waals surface area contributed by atoms with Crippen molar-refractivity contribution >= 4 is 34.8 Å². The smallest absolute Gasteiger partial charge is 0.277 e. The standard InChI is InChI=1S/C20H22Cl2FN3O/c1-24(13-15-16(21)6-4-7-18(15)23)14-20(27)26-11-9-25(10-12-26)19-8-3-2-5-17(19)22/h2-8H,9-14H2,1H3/p+1. The van der Waals surface area contributed by atoms with E-state index in [-0.39, 0.29) is 11.7 Å². The summed E-state index contributed by atoms with van der Waals surface area (Å²) in [6, 6.07) is 12.4. The Morgan fingerprint density at radius 2 is 1.70 bits per heavy atom. The second-order valence-corrected chi connectivity index (χ2v) is 7.64. The third-order valence-electron chi connectivity index (χ3n) is 4.82. The van der Waals surface area contributed by atoms with E-state index in [1.807, 2.05) is 36.2 Å². The van der Waals surface area contributed by atoms with Crippen molar-refractivity contribution in [2.45, 2.75) is 6.54 Å². The highest BCUT2D eigenvalue weighted by Crippen LogP contribution is 2.26. The second-order valence-electron chi connectivity index (χ2n) is 6.83. The lowest BCUT2D eigenvalue weighted by Gasteiger charge is -2.36. The van der Waals surface area contributed by atoms with Gasteiger partial charge in [0.25, 0.3) is 5.91 Å². The number of nitrogens with one attached hydrogen (secondary N) is 1. The Morgan fingerprint density at radius 3 is 2.37 bits per heavy atom. The summed E-state index contributed by atoms with van der Waals surface area (Å²) in [6.45, 7) is 3.46. The first-order valence-corrected chi connectivity index (χ1v) is 9.72. The lowest BCUT2D eigenvalue weighted by Crippen LogP contribution is -3.09. The molecule has 0 bridgehead atoms. The largest absolute Gasteiger partial charge is 0.367 e. The van der Waals surface area contributed by atoms with Crippen LogP contribution in [0.1, 0.15) is 5.56 Å². The molecule has 1 fully saturated rings. The fourth-order valence-corrected chi connectivity index (χ4v) is 3.83. The number of halogens is 3. The summed E-state index contributed by atoms with van der Waals surface area (Å²) >= 11 is 12.3. The summed E-state index contributed by atoms with van der Waals surface area (Å²) in [5, 5.41) is 1.12. The SMILES string of the molecule is C[NH+](CC(=O)N1CCN(c2ccccc2Cl)CC1)Cc1c(F)cccc1Cl. The number of carbonyl (C=O) groups excluding carboxylic acids is 1. The molecule has 1 unspecified atom stereocenters. The van der Waals surface area contributed by atoms with Crippen molar-refractivity contribution in [3.05, 3.63) is 63.9 Å². The lowest BCUT2D eigenvalue weighted by molar-refractivity contribution is -0.885. The van der Waals surface area contributed by atoms with Crippen LogP contribution in [0, 0.1) is 5.82 Å². The molecule has 0 spiro atoms. The lowest BCUT2D eigenvalue weighted by atomic mass is 10.2. The summed E-state index contributed by atoms with van der Waals surface area (Å²) in [6.07, 6.45) is 0. The summed E-state index contributed by atoms with van der Waals surface area (Å²) in [4.78, 5) is 17.6. The minimum atomic E-state index is -0.331.